The van der Waals surface area contributed by atoms with Crippen LogP contribution in [0, 0.1) is 11.6 Å². The molecule has 3 aromatic rings. The molecule has 0 unspecified atom stereocenters. The first-order chi connectivity index (χ1) is 9.13. The van der Waals surface area contributed by atoms with E-state index in [4.69, 9.17) is 10.2 Å². The maximum absolute atomic E-state index is 13.5. The third-order valence-corrected chi connectivity index (χ3v) is 2.85. The van der Waals surface area contributed by atoms with Gasteiger partial charge in [0.25, 0.3) is 0 Å². The number of nitrogens with zero attached hydrogens (tertiary/aromatic N) is 1. The minimum atomic E-state index is -0.609. The molecule has 0 spiro atoms. The van der Waals surface area contributed by atoms with Crippen LogP contribution in [-0.2, 0) is 6.42 Å². The predicted octanol–water partition coefficient (Wildman–Crippen LogP) is 3.28. The topological polar surface area (TPSA) is 52.0 Å². The summed E-state index contributed by atoms with van der Waals surface area (Å²) in [4.78, 5) is 4.18. The summed E-state index contributed by atoms with van der Waals surface area (Å²) in [6, 6.07) is 8.76. The van der Waals surface area contributed by atoms with Crippen LogP contribution in [0.1, 0.15) is 11.5 Å². The molecule has 1 heterocycles. The van der Waals surface area contributed by atoms with Crippen molar-refractivity contribution >= 4 is 16.8 Å². The number of aromatic nitrogens is 1. The third kappa shape index (κ3) is 2.14. The standard InChI is InChI=1S/C14H10F2N2O/c15-10-2-1-3-11(16)9(10)7-14-18-12-5-4-8(17)6-13(12)19-14/h1-6H,7,17H2. The Labute approximate surface area is 107 Å². The van der Waals surface area contributed by atoms with Crippen LogP contribution in [0.25, 0.3) is 11.1 Å². The van der Waals surface area contributed by atoms with Gasteiger partial charge in [-0.2, -0.15) is 0 Å². The highest BCUT2D eigenvalue weighted by atomic mass is 19.1. The number of anilines is 1. The largest absolute Gasteiger partial charge is 0.440 e. The van der Waals surface area contributed by atoms with Crippen molar-refractivity contribution in [3.05, 3.63) is 59.5 Å². The quantitative estimate of drug-likeness (QED) is 0.719. The van der Waals surface area contributed by atoms with Crippen molar-refractivity contribution in [3.63, 3.8) is 0 Å². The molecule has 0 aliphatic carbocycles. The summed E-state index contributed by atoms with van der Waals surface area (Å²) >= 11 is 0. The Hall–Kier alpha value is -2.43. The number of halogens is 2. The molecule has 0 atom stereocenters. The zero-order valence-electron chi connectivity index (χ0n) is 9.86. The van der Waals surface area contributed by atoms with E-state index in [1.54, 1.807) is 18.2 Å². The van der Waals surface area contributed by atoms with Crippen LogP contribution in [0.2, 0.25) is 0 Å². The van der Waals surface area contributed by atoms with E-state index in [-0.39, 0.29) is 17.9 Å². The smallest absolute Gasteiger partial charge is 0.200 e. The second-order valence-corrected chi connectivity index (χ2v) is 4.21. The fourth-order valence-corrected chi connectivity index (χ4v) is 1.92. The molecular weight excluding hydrogens is 250 g/mol. The Morgan fingerprint density at radius 2 is 1.84 bits per heavy atom. The van der Waals surface area contributed by atoms with Crippen molar-refractivity contribution in [3.8, 4) is 0 Å². The van der Waals surface area contributed by atoms with Gasteiger partial charge < -0.3 is 10.2 Å². The fourth-order valence-electron chi connectivity index (χ4n) is 1.92. The molecule has 2 aromatic carbocycles. The second-order valence-electron chi connectivity index (χ2n) is 4.21. The Balaban J connectivity index is 2.01. The molecule has 0 aliphatic heterocycles. The number of benzene rings is 2. The van der Waals surface area contributed by atoms with E-state index in [9.17, 15) is 8.78 Å². The van der Waals surface area contributed by atoms with Crippen LogP contribution < -0.4 is 5.73 Å². The Bertz CT molecular complexity index is 732. The van der Waals surface area contributed by atoms with E-state index in [0.717, 1.165) is 0 Å². The molecule has 5 heteroatoms. The van der Waals surface area contributed by atoms with Crippen LogP contribution in [0.3, 0.4) is 0 Å². The lowest BCUT2D eigenvalue weighted by atomic mass is 10.1. The molecule has 1 aromatic heterocycles. The van der Waals surface area contributed by atoms with Gasteiger partial charge in [0, 0.05) is 17.3 Å². The summed E-state index contributed by atoms with van der Waals surface area (Å²) in [5.74, 6) is -0.965. The van der Waals surface area contributed by atoms with Crippen LogP contribution in [0.4, 0.5) is 14.5 Å². The zero-order chi connectivity index (χ0) is 13.4. The molecule has 3 rings (SSSR count). The van der Waals surface area contributed by atoms with Gasteiger partial charge in [0.05, 0.1) is 6.42 Å². The molecular formula is C14H10F2N2O. The van der Waals surface area contributed by atoms with E-state index in [0.29, 0.717) is 16.8 Å². The van der Waals surface area contributed by atoms with Gasteiger partial charge in [0.2, 0.25) is 0 Å². The van der Waals surface area contributed by atoms with E-state index in [1.807, 2.05) is 0 Å². The number of oxazole rings is 1. The SMILES string of the molecule is Nc1ccc2nc(Cc3c(F)cccc3F)oc2c1. The zero-order valence-corrected chi connectivity index (χ0v) is 9.86. The Morgan fingerprint density at radius 1 is 1.11 bits per heavy atom. The van der Waals surface area contributed by atoms with Gasteiger partial charge in [-0.1, -0.05) is 6.07 Å². The molecule has 19 heavy (non-hydrogen) atoms. The Kier molecular flexibility index (Phi) is 2.67. The van der Waals surface area contributed by atoms with Crippen molar-refractivity contribution in [2.24, 2.45) is 0 Å². The van der Waals surface area contributed by atoms with Gasteiger partial charge in [-0.05, 0) is 24.3 Å². The lowest BCUT2D eigenvalue weighted by Crippen LogP contribution is -1.96. The molecule has 0 fully saturated rings. The molecule has 0 saturated carbocycles. The molecule has 3 nitrogen and oxygen atoms in total. The number of nitrogens with two attached hydrogens (primary N) is 1. The highest BCUT2D eigenvalue weighted by Crippen LogP contribution is 2.22. The maximum Gasteiger partial charge on any atom is 0.200 e. The fraction of sp³-hybridized carbons (Fsp3) is 0.0714. The molecule has 0 bridgehead atoms. The predicted molar refractivity (Wildman–Crippen MR) is 67.6 cm³/mol. The average molecular weight is 260 g/mol. The first-order valence-corrected chi connectivity index (χ1v) is 5.71. The number of hydrogen-bond donors (Lipinski definition) is 1. The summed E-state index contributed by atoms with van der Waals surface area (Å²) in [7, 11) is 0. The van der Waals surface area contributed by atoms with Gasteiger partial charge in [0.1, 0.15) is 17.2 Å². The average Bonchev–Trinajstić information content (AvgIpc) is 2.75. The van der Waals surface area contributed by atoms with Gasteiger partial charge in [-0.25, -0.2) is 13.8 Å². The first-order valence-electron chi connectivity index (χ1n) is 5.71. The molecule has 2 N–H and O–H groups in total. The van der Waals surface area contributed by atoms with Crippen LogP contribution in [0.5, 0.6) is 0 Å². The third-order valence-electron chi connectivity index (χ3n) is 2.85. The van der Waals surface area contributed by atoms with Crippen molar-refractivity contribution in [2.75, 3.05) is 5.73 Å². The summed E-state index contributed by atoms with van der Waals surface area (Å²) in [6.07, 6.45) is -0.0346. The Morgan fingerprint density at radius 3 is 2.58 bits per heavy atom. The van der Waals surface area contributed by atoms with Crippen molar-refractivity contribution < 1.29 is 13.2 Å². The molecule has 0 saturated heterocycles. The second kappa shape index (κ2) is 4.35. The van der Waals surface area contributed by atoms with Crippen LogP contribution >= 0.6 is 0 Å². The van der Waals surface area contributed by atoms with Crippen molar-refractivity contribution in [1.29, 1.82) is 0 Å². The monoisotopic (exact) mass is 260 g/mol. The molecule has 0 amide bonds. The highest BCUT2D eigenvalue weighted by molar-refractivity contribution is 5.76. The van der Waals surface area contributed by atoms with Crippen molar-refractivity contribution in [1.82, 2.24) is 4.98 Å². The van der Waals surface area contributed by atoms with Gasteiger partial charge in [-0.3, -0.25) is 0 Å². The number of rotatable bonds is 2. The molecule has 96 valence electrons. The summed E-state index contributed by atoms with van der Waals surface area (Å²) in [5.41, 5.74) is 7.24. The summed E-state index contributed by atoms with van der Waals surface area (Å²) < 4.78 is 32.5. The summed E-state index contributed by atoms with van der Waals surface area (Å²) in [6.45, 7) is 0. The van der Waals surface area contributed by atoms with Crippen molar-refractivity contribution in [2.45, 2.75) is 6.42 Å². The number of nitrogen functional groups attached to an aromatic ring is 1. The maximum atomic E-state index is 13.5. The van der Waals surface area contributed by atoms with E-state index in [1.165, 1.54) is 18.2 Å². The van der Waals surface area contributed by atoms with E-state index in [2.05, 4.69) is 4.98 Å². The van der Waals surface area contributed by atoms with Crippen LogP contribution in [0.15, 0.2) is 40.8 Å². The van der Waals surface area contributed by atoms with Gasteiger partial charge >= 0.3 is 0 Å². The van der Waals surface area contributed by atoms with Gasteiger partial charge in [0.15, 0.2) is 11.5 Å². The van der Waals surface area contributed by atoms with E-state index >= 15 is 0 Å². The molecule has 0 radical (unpaired) electrons. The molecule has 0 aliphatic rings. The number of fused-ring (bicyclic) bond motifs is 1. The number of hydrogen-bond acceptors (Lipinski definition) is 3. The normalized spacial score (nSPS) is 11.1. The minimum absolute atomic E-state index is 0.0346. The van der Waals surface area contributed by atoms with E-state index < -0.39 is 11.6 Å². The first kappa shape index (κ1) is 11.6. The van der Waals surface area contributed by atoms with Gasteiger partial charge in [-0.15, -0.1) is 0 Å². The highest BCUT2D eigenvalue weighted by Gasteiger charge is 2.13. The van der Waals surface area contributed by atoms with Crippen LogP contribution in [-0.4, -0.2) is 4.98 Å². The lowest BCUT2D eigenvalue weighted by molar-refractivity contribution is 0.515. The summed E-state index contributed by atoms with van der Waals surface area (Å²) in [5, 5.41) is 0. The lowest BCUT2D eigenvalue weighted by Gasteiger charge is -2.01. The minimum Gasteiger partial charge on any atom is -0.440 e.